The van der Waals surface area contributed by atoms with Gasteiger partial charge in [0, 0.05) is 5.57 Å². The maximum absolute atomic E-state index is 10.8. The molecule has 92 valence electrons. The number of carbonyl (C=O) groups is 2. The van der Waals surface area contributed by atoms with Crippen LogP contribution in [0.1, 0.15) is 33.1 Å². The number of carbonyl (C=O) groups excluding carboxylic acids is 2. The molecule has 0 saturated heterocycles. The predicted octanol–water partition coefficient (Wildman–Crippen LogP) is 2.45. The van der Waals surface area contributed by atoms with Crippen LogP contribution < -0.4 is 0 Å². The number of rotatable bonds is 1. The van der Waals surface area contributed by atoms with Gasteiger partial charge in [-0.25, -0.2) is 0 Å². The van der Waals surface area contributed by atoms with Crippen molar-refractivity contribution < 1.29 is 9.59 Å². The molecule has 0 N–H and O–H groups in total. The molecule has 0 radical (unpaired) electrons. The molecule has 0 fully saturated rings. The third kappa shape index (κ3) is 4.44. The van der Waals surface area contributed by atoms with Crippen LogP contribution in [-0.4, -0.2) is 12.6 Å². The second-order valence-electron chi connectivity index (χ2n) is 4.68. The standard InChI is InChI=1S/C16H16O2/c1-16(2,13-18)11-10-15-8-4-3-7-14(15)9-5-6-12-17/h8-9,12-13H,3-4,7H2,1-2H3/b14-9-. The van der Waals surface area contributed by atoms with Crippen LogP contribution in [0, 0.1) is 29.1 Å². The van der Waals surface area contributed by atoms with E-state index in [0.29, 0.717) is 6.29 Å². The number of hydrogen-bond acceptors (Lipinski definition) is 2. The lowest BCUT2D eigenvalue weighted by Crippen LogP contribution is -2.09. The maximum Gasteiger partial charge on any atom is 0.193 e. The van der Waals surface area contributed by atoms with Crippen molar-refractivity contribution in [1.29, 1.82) is 0 Å². The fraction of sp³-hybridized carbons (Fsp3) is 0.375. The Morgan fingerprint density at radius 3 is 2.72 bits per heavy atom. The molecule has 0 heterocycles. The van der Waals surface area contributed by atoms with E-state index in [4.69, 9.17) is 0 Å². The van der Waals surface area contributed by atoms with Gasteiger partial charge >= 0.3 is 0 Å². The Morgan fingerprint density at radius 2 is 2.06 bits per heavy atom. The molecule has 1 aliphatic carbocycles. The highest BCUT2D eigenvalue weighted by atomic mass is 16.1. The summed E-state index contributed by atoms with van der Waals surface area (Å²) in [4.78, 5) is 20.9. The van der Waals surface area contributed by atoms with Crippen LogP contribution in [0.2, 0.25) is 0 Å². The van der Waals surface area contributed by atoms with Gasteiger partial charge in [-0.1, -0.05) is 23.8 Å². The molecular weight excluding hydrogens is 224 g/mol. The van der Waals surface area contributed by atoms with Crippen LogP contribution in [0.4, 0.5) is 0 Å². The van der Waals surface area contributed by atoms with Gasteiger partial charge in [0.05, 0.1) is 5.41 Å². The second kappa shape index (κ2) is 6.62. The summed E-state index contributed by atoms with van der Waals surface area (Å²) in [5.41, 5.74) is 1.35. The Labute approximate surface area is 108 Å². The molecule has 0 aromatic heterocycles. The number of aldehydes is 2. The molecule has 0 unspecified atom stereocenters. The van der Waals surface area contributed by atoms with Crippen molar-refractivity contribution in [3.05, 3.63) is 23.3 Å². The first kappa shape index (κ1) is 14.0. The first-order valence-electron chi connectivity index (χ1n) is 5.93. The van der Waals surface area contributed by atoms with Crippen LogP contribution in [-0.2, 0) is 9.59 Å². The van der Waals surface area contributed by atoms with Gasteiger partial charge in [0.2, 0.25) is 0 Å². The molecule has 0 bridgehead atoms. The van der Waals surface area contributed by atoms with Gasteiger partial charge in [-0.15, -0.1) is 0 Å². The van der Waals surface area contributed by atoms with E-state index in [1.54, 1.807) is 19.9 Å². The topological polar surface area (TPSA) is 34.1 Å². The Hall–Kier alpha value is -2.06. The lowest BCUT2D eigenvalue weighted by Gasteiger charge is -2.12. The summed E-state index contributed by atoms with van der Waals surface area (Å²) in [6, 6.07) is 0. The highest BCUT2D eigenvalue weighted by Gasteiger charge is 2.13. The van der Waals surface area contributed by atoms with E-state index in [9.17, 15) is 9.59 Å². The van der Waals surface area contributed by atoms with Crippen molar-refractivity contribution in [2.75, 3.05) is 0 Å². The van der Waals surface area contributed by atoms with Crippen molar-refractivity contribution >= 4 is 12.6 Å². The zero-order valence-electron chi connectivity index (χ0n) is 10.7. The first-order chi connectivity index (χ1) is 8.59. The average Bonchev–Trinajstić information content (AvgIpc) is 2.38. The average molecular weight is 240 g/mol. The molecule has 0 aromatic carbocycles. The monoisotopic (exact) mass is 240 g/mol. The summed E-state index contributed by atoms with van der Waals surface area (Å²) in [6.07, 6.45) is 8.19. The molecule has 18 heavy (non-hydrogen) atoms. The summed E-state index contributed by atoms with van der Waals surface area (Å²) in [5, 5.41) is 0. The molecule has 2 nitrogen and oxygen atoms in total. The van der Waals surface area contributed by atoms with E-state index < -0.39 is 5.41 Å². The van der Waals surface area contributed by atoms with E-state index in [1.807, 2.05) is 0 Å². The Bertz CT molecular complexity index is 511. The molecule has 0 amide bonds. The minimum atomic E-state index is -0.627. The van der Waals surface area contributed by atoms with Crippen molar-refractivity contribution in [3.63, 3.8) is 0 Å². The smallest absolute Gasteiger partial charge is 0.193 e. The van der Waals surface area contributed by atoms with Gasteiger partial charge in [-0.3, -0.25) is 4.79 Å². The molecule has 0 atom stereocenters. The van der Waals surface area contributed by atoms with Gasteiger partial charge < -0.3 is 4.79 Å². The number of allylic oxidation sites excluding steroid dienone is 4. The number of hydrogen-bond donors (Lipinski definition) is 0. The SMILES string of the molecule is CC(C)(C#CC1=CCCC/C1=C/C#CC=O)C=O. The van der Waals surface area contributed by atoms with E-state index in [1.165, 1.54) is 0 Å². The van der Waals surface area contributed by atoms with Gasteiger partial charge in [0.25, 0.3) is 0 Å². The van der Waals surface area contributed by atoms with Gasteiger partial charge in [0.1, 0.15) is 6.29 Å². The highest BCUT2D eigenvalue weighted by Crippen LogP contribution is 2.23. The van der Waals surface area contributed by atoms with E-state index >= 15 is 0 Å². The molecule has 0 aromatic rings. The summed E-state index contributed by atoms with van der Waals surface area (Å²) in [7, 11) is 0. The quantitative estimate of drug-likeness (QED) is 0.521. The lowest BCUT2D eigenvalue weighted by molar-refractivity contribution is -0.112. The zero-order valence-corrected chi connectivity index (χ0v) is 10.7. The summed E-state index contributed by atoms with van der Waals surface area (Å²) in [5.74, 6) is 11.0. The fourth-order valence-corrected chi connectivity index (χ4v) is 1.51. The zero-order chi connectivity index (χ0) is 13.4. The minimum Gasteiger partial charge on any atom is -0.302 e. The van der Waals surface area contributed by atoms with Gasteiger partial charge in [-0.05, 0) is 50.7 Å². The predicted molar refractivity (Wildman–Crippen MR) is 71.5 cm³/mol. The van der Waals surface area contributed by atoms with Crippen molar-refractivity contribution in [3.8, 4) is 23.7 Å². The summed E-state index contributed by atoms with van der Waals surface area (Å²) in [6.45, 7) is 3.57. The van der Waals surface area contributed by atoms with Gasteiger partial charge in [0.15, 0.2) is 6.29 Å². The van der Waals surface area contributed by atoms with Crippen LogP contribution in [0.3, 0.4) is 0 Å². The van der Waals surface area contributed by atoms with Crippen molar-refractivity contribution in [1.82, 2.24) is 0 Å². The Morgan fingerprint density at radius 1 is 1.28 bits per heavy atom. The van der Waals surface area contributed by atoms with Crippen molar-refractivity contribution in [2.45, 2.75) is 33.1 Å². The molecule has 1 rings (SSSR count). The fourth-order valence-electron chi connectivity index (χ4n) is 1.51. The summed E-state index contributed by atoms with van der Waals surface area (Å²) >= 11 is 0. The Kier molecular flexibility index (Phi) is 5.15. The van der Waals surface area contributed by atoms with Crippen LogP contribution >= 0.6 is 0 Å². The van der Waals surface area contributed by atoms with Crippen LogP contribution in [0.25, 0.3) is 0 Å². The normalized spacial score (nSPS) is 16.8. The van der Waals surface area contributed by atoms with E-state index in [2.05, 4.69) is 29.8 Å². The van der Waals surface area contributed by atoms with Crippen LogP contribution in [0.15, 0.2) is 23.3 Å². The van der Waals surface area contributed by atoms with Gasteiger partial charge in [-0.2, -0.15) is 0 Å². The third-order valence-corrected chi connectivity index (χ3v) is 2.55. The van der Waals surface area contributed by atoms with E-state index in [0.717, 1.165) is 36.7 Å². The van der Waals surface area contributed by atoms with E-state index in [-0.39, 0.29) is 0 Å². The van der Waals surface area contributed by atoms with Crippen molar-refractivity contribution in [2.24, 2.45) is 5.41 Å². The molecule has 0 spiro atoms. The molecule has 2 heteroatoms. The lowest BCUT2D eigenvalue weighted by atomic mass is 9.91. The Balaban J connectivity index is 2.97. The molecular formula is C16H16O2. The summed E-state index contributed by atoms with van der Waals surface area (Å²) < 4.78 is 0. The third-order valence-electron chi connectivity index (χ3n) is 2.55. The molecule has 0 saturated carbocycles. The molecule has 1 aliphatic rings. The highest BCUT2D eigenvalue weighted by molar-refractivity contribution is 5.73. The largest absolute Gasteiger partial charge is 0.302 e. The second-order valence-corrected chi connectivity index (χ2v) is 4.68. The maximum atomic E-state index is 10.8. The van der Waals surface area contributed by atoms with Crippen LogP contribution in [0.5, 0.6) is 0 Å². The molecule has 0 aliphatic heterocycles. The minimum absolute atomic E-state index is 0.574. The first-order valence-corrected chi connectivity index (χ1v) is 5.93.